The Labute approximate surface area is 139 Å². The largest absolute Gasteiger partial charge is 0.370 e. The van der Waals surface area contributed by atoms with Crippen molar-refractivity contribution in [3.63, 3.8) is 0 Å². The van der Waals surface area contributed by atoms with Crippen molar-refractivity contribution in [1.82, 2.24) is 10.6 Å². The van der Waals surface area contributed by atoms with Gasteiger partial charge in [0.2, 0.25) is 5.91 Å². The third-order valence-corrected chi connectivity index (χ3v) is 3.33. The molecule has 1 aliphatic rings. The number of nitrogens with one attached hydrogen (secondary N) is 2. The maximum atomic E-state index is 11.7. The van der Waals surface area contributed by atoms with Crippen LogP contribution in [0.1, 0.15) is 46.0 Å². The molecular formula is C14H29IN4O. The number of guanidine groups is 1. The van der Waals surface area contributed by atoms with Gasteiger partial charge in [0.25, 0.3) is 0 Å². The second-order valence-electron chi connectivity index (χ2n) is 5.75. The van der Waals surface area contributed by atoms with Gasteiger partial charge in [-0.15, -0.1) is 24.0 Å². The predicted molar refractivity (Wildman–Crippen MR) is 94.3 cm³/mol. The van der Waals surface area contributed by atoms with Crippen LogP contribution in [0.4, 0.5) is 0 Å². The van der Waals surface area contributed by atoms with Gasteiger partial charge in [-0.2, -0.15) is 0 Å². The Morgan fingerprint density at radius 1 is 1.25 bits per heavy atom. The number of aliphatic imine (C=N–C) groups is 1. The molecule has 0 aromatic carbocycles. The molecule has 0 aromatic heterocycles. The van der Waals surface area contributed by atoms with Crippen LogP contribution >= 0.6 is 24.0 Å². The molecule has 0 unspecified atom stereocenters. The number of nitrogens with zero attached hydrogens (tertiary/aromatic N) is 1. The first kappa shape index (κ1) is 19.5. The highest BCUT2D eigenvalue weighted by Gasteiger charge is 2.17. The van der Waals surface area contributed by atoms with Crippen LogP contribution in [0.3, 0.4) is 0 Å². The molecule has 0 heterocycles. The van der Waals surface area contributed by atoms with E-state index in [1.807, 2.05) is 0 Å². The average molecular weight is 396 g/mol. The Hall–Kier alpha value is -0.530. The molecule has 0 aromatic rings. The van der Waals surface area contributed by atoms with Crippen LogP contribution < -0.4 is 16.4 Å². The van der Waals surface area contributed by atoms with E-state index < -0.39 is 0 Å². The number of carbonyl (C=O) groups excluding carboxylic acids is 1. The molecule has 4 N–H and O–H groups in total. The Kier molecular flexibility index (Phi) is 10.9. The van der Waals surface area contributed by atoms with E-state index in [1.165, 1.54) is 25.7 Å². The maximum Gasteiger partial charge on any atom is 0.220 e. The zero-order chi connectivity index (χ0) is 14.1. The second-order valence-corrected chi connectivity index (χ2v) is 5.75. The Bertz CT molecular complexity index is 302. The summed E-state index contributed by atoms with van der Waals surface area (Å²) >= 11 is 0. The van der Waals surface area contributed by atoms with Gasteiger partial charge in [-0.05, 0) is 24.7 Å². The van der Waals surface area contributed by atoms with E-state index in [0.717, 1.165) is 6.54 Å². The molecule has 0 radical (unpaired) electrons. The van der Waals surface area contributed by atoms with Gasteiger partial charge in [0, 0.05) is 26.1 Å². The molecular weight excluding hydrogens is 367 g/mol. The molecule has 118 valence electrons. The lowest BCUT2D eigenvalue weighted by molar-refractivity contribution is -0.121. The van der Waals surface area contributed by atoms with Gasteiger partial charge in [-0.3, -0.25) is 9.79 Å². The van der Waals surface area contributed by atoms with E-state index in [4.69, 9.17) is 5.73 Å². The number of amides is 1. The van der Waals surface area contributed by atoms with Gasteiger partial charge in [-0.25, -0.2) is 0 Å². The number of halogens is 1. The lowest BCUT2D eigenvalue weighted by atomic mass is 10.0. The number of rotatable bonds is 7. The van der Waals surface area contributed by atoms with E-state index in [-0.39, 0.29) is 29.9 Å². The summed E-state index contributed by atoms with van der Waals surface area (Å²) in [6, 6.07) is 0. The van der Waals surface area contributed by atoms with Crippen molar-refractivity contribution in [2.24, 2.45) is 22.6 Å². The summed E-state index contributed by atoms with van der Waals surface area (Å²) in [4.78, 5) is 15.9. The summed E-state index contributed by atoms with van der Waals surface area (Å²) in [5.41, 5.74) is 5.70. The van der Waals surface area contributed by atoms with Gasteiger partial charge in [0.1, 0.15) is 0 Å². The van der Waals surface area contributed by atoms with Gasteiger partial charge < -0.3 is 16.4 Å². The number of nitrogens with two attached hydrogens (primary N) is 1. The van der Waals surface area contributed by atoms with Crippen molar-refractivity contribution in [2.75, 3.05) is 19.6 Å². The van der Waals surface area contributed by atoms with Gasteiger partial charge >= 0.3 is 0 Å². The standard InChI is InChI=1S/C14H28N4O.HI/c1-11(2)10-18-14(15)17-8-7-16-13(19)9-12-5-3-4-6-12;/h11-12H,3-10H2,1-2H3,(H,16,19)(H3,15,17,18);1H. The summed E-state index contributed by atoms with van der Waals surface area (Å²) in [5.74, 6) is 1.72. The van der Waals surface area contributed by atoms with Crippen LogP contribution in [0, 0.1) is 11.8 Å². The number of carbonyl (C=O) groups is 1. The summed E-state index contributed by atoms with van der Waals surface area (Å²) in [6.07, 6.45) is 5.66. The third-order valence-electron chi connectivity index (χ3n) is 3.33. The van der Waals surface area contributed by atoms with Crippen LogP contribution in [0.15, 0.2) is 4.99 Å². The van der Waals surface area contributed by atoms with E-state index in [0.29, 0.717) is 37.3 Å². The fourth-order valence-electron chi connectivity index (χ4n) is 2.28. The monoisotopic (exact) mass is 396 g/mol. The first-order chi connectivity index (χ1) is 9.08. The van der Waals surface area contributed by atoms with E-state index in [9.17, 15) is 4.79 Å². The summed E-state index contributed by atoms with van der Waals surface area (Å²) in [6.45, 7) is 6.15. The minimum atomic E-state index is 0. The van der Waals surface area contributed by atoms with Gasteiger partial charge in [0.15, 0.2) is 5.96 Å². The van der Waals surface area contributed by atoms with Crippen molar-refractivity contribution >= 4 is 35.8 Å². The topological polar surface area (TPSA) is 79.5 Å². The highest BCUT2D eigenvalue weighted by molar-refractivity contribution is 14.0. The molecule has 1 rings (SSSR count). The summed E-state index contributed by atoms with van der Waals surface area (Å²) in [5, 5.41) is 5.92. The maximum absolute atomic E-state index is 11.7. The number of hydrogen-bond acceptors (Lipinski definition) is 2. The fraction of sp³-hybridized carbons (Fsp3) is 0.857. The highest BCUT2D eigenvalue weighted by atomic mass is 127. The Morgan fingerprint density at radius 3 is 2.45 bits per heavy atom. The molecule has 5 nitrogen and oxygen atoms in total. The van der Waals surface area contributed by atoms with E-state index in [2.05, 4.69) is 29.5 Å². The van der Waals surface area contributed by atoms with E-state index >= 15 is 0 Å². The van der Waals surface area contributed by atoms with Crippen molar-refractivity contribution in [2.45, 2.75) is 46.0 Å². The lowest BCUT2D eigenvalue weighted by Gasteiger charge is -2.10. The molecule has 0 spiro atoms. The average Bonchev–Trinajstić information content (AvgIpc) is 2.85. The molecule has 0 atom stereocenters. The number of hydrogen-bond donors (Lipinski definition) is 3. The van der Waals surface area contributed by atoms with Crippen LogP contribution in [-0.2, 0) is 4.79 Å². The lowest BCUT2D eigenvalue weighted by Crippen LogP contribution is -2.38. The second kappa shape index (κ2) is 11.2. The van der Waals surface area contributed by atoms with E-state index in [1.54, 1.807) is 0 Å². The van der Waals surface area contributed by atoms with Gasteiger partial charge in [0.05, 0.1) is 0 Å². The summed E-state index contributed by atoms with van der Waals surface area (Å²) in [7, 11) is 0. The Morgan fingerprint density at radius 2 is 1.85 bits per heavy atom. The first-order valence-electron chi connectivity index (χ1n) is 7.38. The van der Waals surface area contributed by atoms with Crippen LogP contribution in [-0.4, -0.2) is 31.5 Å². The predicted octanol–water partition coefficient (Wildman–Crippen LogP) is 1.86. The molecule has 0 aliphatic heterocycles. The molecule has 20 heavy (non-hydrogen) atoms. The molecule has 1 aliphatic carbocycles. The summed E-state index contributed by atoms with van der Waals surface area (Å²) < 4.78 is 0. The molecule has 0 bridgehead atoms. The Balaban J connectivity index is 0.00000361. The van der Waals surface area contributed by atoms with Crippen molar-refractivity contribution in [3.8, 4) is 0 Å². The van der Waals surface area contributed by atoms with Crippen molar-refractivity contribution in [3.05, 3.63) is 0 Å². The van der Waals surface area contributed by atoms with Crippen molar-refractivity contribution < 1.29 is 4.79 Å². The first-order valence-corrected chi connectivity index (χ1v) is 7.38. The quantitative estimate of drug-likeness (QED) is 0.266. The van der Waals surface area contributed by atoms with Gasteiger partial charge in [-0.1, -0.05) is 26.7 Å². The smallest absolute Gasteiger partial charge is 0.220 e. The zero-order valence-corrected chi connectivity index (χ0v) is 15.0. The highest BCUT2D eigenvalue weighted by Crippen LogP contribution is 2.27. The normalized spacial score (nSPS) is 16.1. The van der Waals surface area contributed by atoms with Crippen molar-refractivity contribution in [1.29, 1.82) is 0 Å². The van der Waals surface area contributed by atoms with Crippen LogP contribution in [0.2, 0.25) is 0 Å². The molecule has 1 amide bonds. The molecule has 1 fully saturated rings. The molecule has 0 saturated heterocycles. The van der Waals surface area contributed by atoms with Crippen LogP contribution in [0.5, 0.6) is 0 Å². The minimum Gasteiger partial charge on any atom is -0.370 e. The molecule has 1 saturated carbocycles. The molecule has 6 heteroatoms. The van der Waals surface area contributed by atoms with Crippen LogP contribution in [0.25, 0.3) is 0 Å². The minimum absolute atomic E-state index is 0. The fourth-order valence-corrected chi connectivity index (χ4v) is 2.28. The SMILES string of the molecule is CC(C)CN=C(N)NCCNC(=O)CC1CCCC1.I. The zero-order valence-electron chi connectivity index (χ0n) is 12.7. The third kappa shape index (κ3) is 9.39.